The Balaban J connectivity index is 2.03. The summed E-state index contributed by atoms with van der Waals surface area (Å²) in [7, 11) is 1.52. The Morgan fingerprint density at radius 2 is 1.78 bits per heavy atom. The highest BCUT2D eigenvalue weighted by Crippen LogP contribution is 2.33. The number of benzene rings is 2. The SMILES string of the molecule is Cn1cc(C(=O)Nc2ccc(F)c(C(F)(F)F)c2)c(=O)c2cc(F)ccc21. The maximum absolute atomic E-state index is 13.4. The van der Waals surface area contributed by atoms with E-state index in [1.807, 2.05) is 0 Å². The monoisotopic (exact) mass is 382 g/mol. The lowest BCUT2D eigenvalue weighted by molar-refractivity contribution is -0.139. The molecule has 0 spiro atoms. The molecule has 0 atom stereocenters. The molecule has 0 fully saturated rings. The molecule has 1 heterocycles. The normalized spacial score (nSPS) is 11.6. The summed E-state index contributed by atoms with van der Waals surface area (Å²) in [6, 6.07) is 5.41. The highest BCUT2D eigenvalue weighted by molar-refractivity contribution is 6.05. The van der Waals surface area contributed by atoms with Gasteiger partial charge in [0.25, 0.3) is 5.91 Å². The van der Waals surface area contributed by atoms with Gasteiger partial charge < -0.3 is 9.88 Å². The van der Waals surface area contributed by atoms with Crippen molar-refractivity contribution in [2.24, 2.45) is 7.05 Å². The topological polar surface area (TPSA) is 51.1 Å². The third-order valence-electron chi connectivity index (χ3n) is 3.92. The van der Waals surface area contributed by atoms with Crippen molar-refractivity contribution >= 4 is 22.5 Å². The van der Waals surface area contributed by atoms with Gasteiger partial charge in [0, 0.05) is 24.3 Å². The molecule has 0 radical (unpaired) electrons. The quantitative estimate of drug-likeness (QED) is 0.679. The molecule has 1 amide bonds. The van der Waals surface area contributed by atoms with E-state index in [0.717, 1.165) is 18.2 Å². The van der Waals surface area contributed by atoms with Crippen molar-refractivity contribution in [3.8, 4) is 0 Å². The summed E-state index contributed by atoms with van der Waals surface area (Å²) in [5.74, 6) is -3.16. The van der Waals surface area contributed by atoms with Crippen LogP contribution < -0.4 is 10.7 Å². The summed E-state index contributed by atoms with van der Waals surface area (Å²) in [6.07, 6.45) is -3.76. The number of nitrogens with zero attached hydrogens (tertiary/aromatic N) is 1. The lowest BCUT2D eigenvalue weighted by Gasteiger charge is -2.12. The first kappa shape index (κ1) is 18.6. The summed E-state index contributed by atoms with van der Waals surface area (Å²) < 4.78 is 66.5. The fraction of sp³-hybridized carbons (Fsp3) is 0.111. The number of aromatic nitrogens is 1. The predicted octanol–water partition coefficient (Wildman–Crippen LogP) is 4.09. The molecule has 0 aliphatic heterocycles. The number of carbonyl (C=O) groups is 1. The second kappa shape index (κ2) is 6.49. The van der Waals surface area contributed by atoms with E-state index in [1.54, 1.807) is 0 Å². The van der Waals surface area contributed by atoms with Crippen LogP contribution in [0.3, 0.4) is 0 Å². The van der Waals surface area contributed by atoms with Crippen molar-refractivity contribution in [1.29, 1.82) is 0 Å². The van der Waals surface area contributed by atoms with E-state index in [4.69, 9.17) is 0 Å². The van der Waals surface area contributed by atoms with E-state index >= 15 is 0 Å². The maximum atomic E-state index is 13.4. The van der Waals surface area contributed by atoms with Crippen molar-refractivity contribution in [2.75, 3.05) is 5.32 Å². The number of amides is 1. The van der Waals surface area contributed by atoms with Gasteiger partial charge in [0.15, 0.2) is 0 Å². The number of anilines is 1. The van der Waals surface area contributed by atoms with Gasteiger partial charge in [0.05, 0.1) is 11.1 Å². The van der Waals surface area contributed by atoms with Crippen LogP contribution in [-0.4, -0.2) is 10.5 Å². The van der Waals surface area contributed by atoms with Crippen LogP contribution >= 0.6 is 0 Å². The first-order valence-corrected chi connectivity index (χ1v) is 7.55. The number of nitrogens with one attached hydrogen (secondary N) is 1. The van der Waals surface area contributed by atoms with Crippen LogP contribution in [0.1, 0.15) is 15.9 Å². The summed E-state index contributed by atoms with van der Waals surface area (Å²) in [4.78, 5) is 24.8. The molecule has 4 nitrogen and oxygen atoms in total. The Kier molecular flexibility index (Phi) is 4.46. The van der Waals surface area contributed by atoms with Crippen molar-refractivity contribution in [2.45, 2.75) is 6.18 Å². The molecule has 3 rings (SSSR count). The standard InChI is InChI=1S/C18H11F5N2O2/c1-25-8-12(16(26)11-6-9(19)2-5-15(11)25)17(27)24-10-3-4-14(20)13(7-10)18(21,22)23/h2-8H,1H3,(H,24,27). The maximum Gasteiger partial charge on any atom is 0.419 e. The molecular weight excluding hydrogens is 371 g/mol. The van der Waals surface area contributed by atoms with Crippen LogP contribution in [0.2, 0.25) is 0 Å². The molecule has 0 bridgehead atoms. The molecule has 0 aliphatic carbocycles. The van der Waals surface area contributed by atoms with Gasteiger partial charge in [-0.15, -0.1) is 0 Å². The summed E-state index contributed by atoms with van der Waals surface area (Å²) in [6.45, 7) is 0. The zero-order valence-electron chi connectivity index (χ0n) is 13.7. The molecule has 9 heteroatoms. The first-order chi connectivity index (χ1) is 12.6. The molecule has 0 aliphatic rings. The molecular formula is C18H11F5N2O2. The second-order valence-electron chi connectivity index (χ2n) is 5.79. The third kappa shape index (κ3) is 3.53. The molecule has 0 unspecified atom stereocenters. The number of hydrogen-bond donors (Lipinski definition) is 1. The highest BCUT2D eigenvalue weighted by atomic mass is 19.4. The van der Waals surface area contributed by atoms with Gasteiger partial charge in [-0.25, -0.2) is 8.78 Å². The number of pyridine rings is 1. The zero-order chi connectivity index (χ0) is 19.9. The van der Waals surface area contributed by atoms with Gasteiger partial charge >= 0.3 is 6.18 Å². The van der Waals surface area contributed by atoms with Crippen molar-refractivity contribution in [1.82, 2.24) is 4.57 Å². The van der Waals surface area contributed by atoms with Crippen LogP contribution in [0.15, 0.2) is 47.4 Å². The van der Waals surface area contributed by atoms with E-state index in [1.165, 1.54) is 23.9 Å². The van der Waals surface area contributed by atoms with E-state index < -0.39 is 40.3 Å². The smallest absolute Gasteiger partial charge is 0.350 e. The number of fused-ring (bicyclic) bond motifs is 1. The van der Waals surface area contributed by atoms with E-state index in [-0.39, 0.29) is 11.1 Å². The summed E-state index contributed by atoms with van der Waals surface area (Å²) in [5.41, 5.74) is -2.69. The average molecular weight is 382 g/mol. The Morgan fingerprint density at radius 3 is 2.44 bits per heavy atom. The molecule has 1 aromatic heterocycles. The van der Waals surface area contributed by atoms with Crippen LogP contribution in [0.4, 0.5) is 27.6 Å². The molecule has 0 saturated carbocycles. The van der Waals surface area contributed by atoms with Gasteiger partial charge in [-0.05, 0) is 36.4 Å². The summed E-state index contributed by atoms with van der Waals surface area (Å²) >= 11 is 0. The van der Waals surface area contributed by atoms with Crippen LogP contribution in [0.5, 0.6) is 0 Å². The van der Waals surface area contributed by atoms with Gasteiger partial charge in [-0.2, -0.15) is 13.2 Å². The van der Waals surface area contributed by atoms with Crippen LogP contribution in [0.25, 0.3) is 10.9 Å². The average Bonchev–Trinajstić information content (AvgIpc) is 2.58. The highest BCUT2D eigenvalue weighted by Gasteiger charge is 2.34. The minimum Gasteiger partial charge on any atom is -0.350 e. The van der Waals surface area contributed by atoms with Gasteiger partial charge in [0.2, 0.25) is 5.43 Å². The number of rotatable bonds is 2. The Bertz CT molecular complexity index is 1120. The van der Waals surface area contributed by atoms with Crippen molar-refractivity contribution in [3.63, 3.8) is 0 Å². The zero-order valence-corrected chi connectivity index (χ0v) is 13.7. The fourth-order valence-corrected chi connectivity index (χ4v) is 2.65. The van der Waals surface area contributed by atoms with Gasteiger partial charge in [-0.3, -0.25) is 9.59 Å². The number of aryl methyl sites for hydroxylation is 1. The molecule has 27 heavy (non-hydrogen) atoms. The molecule has 1 N–H and O–H groups in total. The lowest BCUT2D eigenvalue weighted by Crippen LogP contribution is -2.23. The van der Waals surface area contributed by atoms with Crippen LogP contribution in [0, 0.1) is 11.6 Å². The largest absolute Gasteiger partial charge is 0.419 e. The minimum absolute atomic E-state index is 0.0553. The predicted molar refractivity (Wildman–Crippen MR) is 88.5 cm³/mol. The Morgan fingerprint density at radius 1 is 1.07 bits per heavy atom. The fourth-order valence-electron chi connectivity index (χ4n) is 2.65. The lowest BCUT2D eigenvalue weighted by atomic mass is 10.1. The third-order valence-corrected chi connectivity index (χ3v) is 3.92. The van der Waals surface area contributed by atoms with Crippen molar-refractivity contribution in [3.05, 3.63) is 75.6 Å². The Hall–Kier alpha value is -3.23. The molecule has 2 aromatic carbocycles. The van der Waals surface area contributed by atoms with E-state index in [2.05, 4.69) is 5.32 Å². The van der Waals surface area contributed by atoms with Crippen LogP contribution in [-0.2, 0) is 13.2 Å². The Labute approximate surface area is 148 Å². The number of halogens is 5. The summed E-state index contributed by atoms with van der Waals surface area (Å²) in [5, 5.41) is 2.08. The van der Waals surface area contributed by atoms with E-state index in [0.29, 0.717) is 17.6 Å². The number of carbonyl (C=O) groups excluding carboxylic acids is 1. The molecule has 0 saturated heterocycles. The second-order valence-corrected chi connectivity index (χ2v) is 5.79. The van der Waals surface area contributed by atoms with Gasteiger partial charge in [-0.1, -0.05) is 0 Å². The molecule has 140 valence electrons. The minimum atomic E-state index is -4.94. The number of hydrogen-bond acceptors (Lipinski definition) is 2. The number of alkyl halides is 3. The first-order valence-electron chi connectivity index (χ1n) is 7.55. The van der Waals surface area contributed by atoms with E-state index in [9.17, 15) is 31.5 Å². The van der Waals surface area contributed by atoms with Crippen molar-refractivity contribution < 1.29 is 26.7 Å². The van der Waals surface area contributed by atoms with Gasteiger partial charge in [0.1, 0.15) is 17.2 Å². The molecule has 3 aromatic rings.